The first-order chi connectivity index (χ1) is 13.1. The van der Waals surface area contributed by atoms with E-state index in [2.05, 4.69) is 27.8 Å². The maximum atomic E-state index is 13.5. The Hall–Kier alpha value is -3.09. The number of hydrogen-bond acceptors (Lipinski definition) is 4. The van der Waals surface area contributed by atoms with Gasteiger partial charge in [-0.2, -0.15) is 0 Å². The molecule has 1 amide bonds. The van der Waals surface area contributed by atoms with Gasteiger partial charge >= 0.3 is 0 Å². The third kappa shape index (κ3) is 4.75. The van der Waals surface area contributed by atoms with E-state index in [1.807, 2.05) is 24.3 Å². The van der Waals surface area contributed by atoms with Gasteiger partial charge in [0, 0.05) is 12.1 Å². The first-order valence-electron chi connectivity index (χ1n) is 8.95. The molecule has 1 N–H and O–H groups in total. The number of carbonyl (C=O) groups excluding carboxylic acids is 1. The van der Waals surface area contributed by atoms with Crippen molar-refractivity contribution in [2.45, 2.75) is 39.2 Å². The Labute approximate surface area is 157 Å². The van der Waals surface area contributed by atoms with Gasteiger partial charge in [0.25, 0.3) is 0 Å². The summed E-state index contributed by atoms with van der Waals surface area (Å²) in [6, 6.07) is 13.3. The second-order valence-electron chi connectivity index (χ2n) is 6.46. The van der Waals surface area contributed by atoms with Crippen LogP contribution in [0.5, 0.6) is 0 Å². The molecule has 0 radical (unpaired) electrons. The van der Waals surface area contributed by atoms with Crippen LogP contribution in [-0.2, 0) is 17.6 Å². The monoisotopic (exact) mass is 367 g/mol. The number of halogens is 1. The molecular formula is C20H22FN5O. The van der Waals surface area contributed by atoms with E-state index < -0.39 is 6.04 Å². The number of hydrogen-bond donors (Lipinski definition) is 1. The zero-order valence-electron chi connectivity index (χ0n) is 15.4. The van der Waals surface area contributed by atoms with Gasteiger partial charge in [0.1, 0.15) is 17.7 Å². The van der Waals surface area contributed by atoms with Crippen molar-refractivity contribution in [2.24, 2.45) is 0 Å². The van der Waals surface area contributed by atoms with E-state index in [0.29, 0.717) is 17.1 Å². The summed E-state index contributed by atoms with van der Waals surface area (Å²) in [5.74, 6) is -0.0747. The molecule has 0 aliphatic carbocycles. The number of rotatable bonds is 7. The number of amides is 1. The van der Waals surface area contributed by atoms with Crippen LogP contribution in [0, 0.1) is 12.7 Å². The van der Waals surface area contributed by atoms with Gasteiger partial charge in [-0.15, -0.1) is 5.10 Å². The van der Waals surface area contributed by atoms with Gasteiger partial charge in [-0.25, -0.2) is 9.07 Å². The van der Waals surface area contributed by atoms with Crippen LogP contribution in [0.1, 0.15) is 36.3 Å². The lowest BCUT2D eigenvalue weighted by atomic mass is 10.0. The van der Waals surface area contributed by atoms with Crippen molar-refractivity contribution in [1.82, 2.24) is 20.2 Å². The Morgan fingerprint density at radius 1 is 1.19 bits per heavy atom. The minimum absolute atomic E-state index is 0.252. The number of carbonyl (C=O) groups is 1. The highest BCUT2D eigenvalue weighted by molar-refractivity contribution is 5.93. The van der Waals surface area contributed by atoms with E-state index in [-0.39, 0.29) is 18.1 Å². The molecule has 3 rings (SSSR count). The molecule has 1 heterocycles. The number of nitrogens with zero attached hydrogens (tertiary/aromatic N) is 4. The van der Waals surface area contributed by atoms with E-state index >= 15 is 0 Å². The summed E-state index contributed by atoms with van der Waals surface area (Å²) >= 11 is 0. The minimum Gasteiger partial charge on any atom is -0.324 e. The van der Waals surface area contributed by atoms with Gasteiger partial charge in [-0.3, -0.25) is 4.79 Å². The Bertz CT molecular complexity index is 907. The summed E-state index contributed by atoms with van der Waals surface area (Å²) in [5, 5.41) is 14.3. The van der Waals surface area contributed by atoms with Crippen molar-refractivity contribution < 1.29 is 9.18 Å². The first kappa shape index (κ1) is 18.7. The van der Waals surface area contributed by atoms with Gasteiger partial charge in [0.15, 0.2) is 0 Å². The molecule has 0 aliphatic rings. The van der Waals surface area contributed by atoms with E-state index in [4.69, 9.17) is 0 Å². The number of anilines is 1. The molecule has 140 valence electrons. The van der Waals surface area contributed by atoms with Crippen LogP contribution in [0.15, 0.2) is 48.5 Å². The average Bonchev–Trinajstić information content (AvgIpc) is 3.07. The molecule has 1 aromatic heterocycles. The zero-order valence-corrected chi connectivity index (χ0v) is 15.4. The fourth-order valence-corrected chi connectivity index (χ4v) is 2.97. The lowest BCUT2D eigenvalue weighted by molar-refractivity contribution is -0.119. The maximum absolute atomic E-state index is 13.5. The highest BCUT2D eigenvalue weighted by Gasteiger charge is 2.24. The van der Waals surface area contributed by atoms with E-state index in [9.17, 15) is 9.18 Å². The van der Waals surface area contributed by atoms with E-state index in [0.717, 1.165) is 12.8 Å². The molecule has 1 unspecified atom stereocenters. The van der Waals surface area contributed by atoms with Crippen molar-refractivity contribution in [2.75, 3.05) is 5.32 Å². The Morgan fingerprint density at radius 2 is 1.96 bits per heavy atom. The molecular weight excluding hydrogens is 345 g/mol. The molecule has 0 spiro atoms. The van der Waals surface area contributed by atoms with Gasteiger partial charge in [-0.05, 0) is 59.2 Å². The first-order valence-corrected chi connectivity index (χ1v) is 8.95. The number of nitrogens with one attached hydrogen (secondary N) is 1. The molecule has 0 saturated heterocycles. The number of benzene rings is 2. The summed E-state index contributed by atoms with van der Waals surface area (Å²) in [5.41, 5.74) is 2.63. The third-order valence-corrected chi connectivity index (χ3v) is 4.33. The van der Waals surface area contributed by atoms with Crippen molar-refractivity contribution >= 4 is 11.6 Å². The summed E-state index contributed by atoms with van der Waals surface area (Å²) in [4.78, 5) is 12.9. The predicted octanol–water partition coefficient (Wildman–Crippen LogP) is 3.50. The third-order valence-electron chi connectivity index (χ3n) is 4.33. The SMILES string of the molecule is CCCc1ccc(NC(=O)C(Cc2cccc(F)c2)n2nnnc2C)cc1. The van der Waals surface area contributed by atoms with Crippen LogP contribution in [0.4, 0.5) is 10.1 Å². The van der Waals surface area contributed by atoms with Crippen molar-refractivity contribution in [3.05, 3.63) is 71.3 Å². The van der Waals surface area contributed by atoms with Crippen LogP contribution in [-0.4, -0.2) is 26.1 Å². The fourth-order valence-electron chi connectivity index (χ4n) is 2.97. The zero-order chi connectivity index (χ0) is 19.2. The molecule has 0 saturated carbocycles. The highest BCUT2D eigenvalue weighted by Crippen LogP contribution is 2.19. The Balaban J connectivity index is 1.81. The van der Waals surface area contributed by atoms with Crippen LogP contribution in [0.3, 0.4) is 0 Å². The summed E-state index contributed by atoms with van der Waals surface area (Å²) < 4.78 is 15.0. The number of tetrazole rings is 1. The second-order valence-corrected chi connectivity index (χ2v) is 6.46. The predicted molar refractivity (Wildman–Crippen MR) is 101 cm³/mol. The number of aryl methyl sites for hydroxylation is 2. The van der Waals surface area contributed by atoms with Gasteiger partial charge in [-0.1, -0.05) is 37.6 Å². The number of aromatic nitrogens is 4. The van der Waals surface area contributed by atoms with Crippen LogP contribution >= 0.6 is 0 Å². The minimum atomic E-state index is -0.683. The maximum Gasteiger partial charge on any atom is 0.249 e. The Morgan fingerprint density at radius 3 is 2.59 bits per heavy atom. The quantitative estimate of drug-likeness (QED) is 0.694. The molecule has 27 heavy (non-hydrogen) atoms. The Kier molecular flexibility index (Phi) is 5.90. The van der Waals surface area contributed by atoms with Crippen molar-refractivity contribution in [3.8, 4) is 0 Å². The van der Waals surface area contributed by atoms with Crippen LogP contribution in [0.2, 0.25) is 0 Å². The molecule has 3 aromatic rings. The normalized spacial score (nSPS) is 12.0. The fraction of sp³-hybridized carbons (Fsp3) is 0.300. The molecule has 7 heteroatoms. The second kappa shape index (κ2) is 8.53. The summed E-state index contributed by atoms with van der Waals surface area (Å²) in [6.45, 7) is 3.85. The van der Waals surface area contributed by atoms with Gasteiger partial charge < -0.3 is 5.32 Å². The van der Waals surface area contributed by atoms with E-state index in [1.165, 1.54) is 22.4 Å². The lowest BCUT2D eigenvalue weighted by Crippen LogP contribution is -2.29. The molecule has 1 atom stereocenters. The average molecular weight is 367 g/mol. The van der Waals surface area contributed by atoms with Crippen molar-refractivity contribution in [3.63, 3.8) is 0 Å². The smallest absolute Gasteiger partial charge is 0.249 e. The summed E-state index contributed by atoms with van der Waals surface area (Å²) in [6.07, 6.45) is 2.35. The van der Waals surface area contributed by atoms with Gasteiger partial charge in [0.05, 0.1) is 0 Å². The molecule has 6 nitrogen and oxygen atoms in total. The van der Waals surface area contributed by atoms with Gasteiger partial charge in [0.2, 0.25) is 5.91 Å². The molecule has 0 bridgehead atoms. The molecule has 2 aromatic carbocycles. The van der Waals surface area contributed by atoms with Crippen LogP contribution < -0.4 is 5.32 Å². The van der Waals surface area contributed by atoms with E-state index in [1.54, 1.807) is 19.1 Å². The van der Waals surface area contributed by atoms with Crippen LogP contribution in [0.25, 0.3) is 0 Å². The molecule has 0 fully saturated rings. The molecule has 0 aliphatic heterocycles. The highest BCUT2D eigenvalue weighted by atomic mass is 19.1. The standard InChI is InChI=1S/C20H22FN5O/c1-3-5-15-8-10-18(11-9-15)22-20(27)19(26-14(2)23-24-25-26)13-16-6-4-7-17(21)12-16/h4,6-12,19H,3,5,13H2,1-2H3,(H,22,27). The van der Waals surface area contributed by atoms with Crippen molar-refractivity contribution in [1.29, 1.82) is 0 Å². The largest absolute Gasteiger partial charge is 0.324 e. The topological polar surface area (TPSA) is 72.7 Å². The lowest BCUT2D eigenvalue weighted by Gasteiger charge is -2.18. The summed E-state index contributed by atoms with van der Waals surface area (Å²) in [7, 11) is 0.